The summed E-state index contributed by atoms with van der Waals surface area (Å²) in [5.41, 5.74) is 0. The second kappa shape index (κ2) is 8.04. The summed E-state index contributed by atoms with van der Waals surface area (Å²) in [6.07, 6.45) is 6.94. The number of likely N-dealkylation sites (N-methyl/N-ethyl adjacent to an activating group) is 2. The first-order valence-electron chi connectivity index (χ1n) is 6.75. The van der Waals surface area contributed by atoms with Gasteiger partial charge >= 0.3 is 0 Å². The lowest BCUT2D eigenvalue weighted by atomic mass is 10.2. The Hall–Kier alpha value is -0.120. The molecular weight excluding hydrogens is 198 g/mol. The normalized spacial score (nSPS) is 17.8. The number of hydrogen-bond acceptors (Lipinski definition) is 3. The van der Waals surface area contributed by atoms with Crippen molar-refractivity contribution in [3.8, 4) is 0 Å². The van der Waals surface area contributed by atoms with Gasteiger partial charge in [0.15, 0.2) is 0 Å². The van der Waals surface area contributed by atoms with Crippen molar-refractivity contribution in [2.45, 2.75) is 38.1 Å². The number of rotatable bonds is 8. The highest BCUT2D eigenvalue weighted by Crippen LogP contribution is 2.17. The van der Waals surface area contributed by atoms with Crippen LogP contribution in [0, 0.1) is 0 Å². The van der Waals surface area contributed by atoms with E-state index in [9.17, 15) is 0 Å². The third-order valence-electron chi connectivity index (χ3n) is 3.43. The predicted octanol–water partition coefficient (Wildman–Crippen LogP) is 1.40. The average Bonchev–Trinajstić information content (AvgIpc) is 2.74. The highest BCUT2D eigenvalue weighted by Gasteiger charge is 2.13. The van der Waals surface area contributed by atoms with E-state index in [1.54, 1.807) is 0 Å². The molecule has 1 rings (SSSR count). The minimum Gasteiger partial charge on any atom is -0.314 e. The molecule has 0 aliphatic heterocycles. The minimum atomic E-state index is 0.826. The van der Waals surface area contributed by atoms with Crippen LogP contribution in [0.2, 0.25) is 0 Å². The van der Waals surface area contributed by atoms with Crippen molar-refractivity contribution in [3.05, 3.63) is 0 Å². The Morgan fingerprint density at radius 3 is 2.31 bits per heavy atom. The minimum absolute atomic E-state index is 0.826. The maximum Gasteiger partial charge on any atom is 0.0106 e. The molecular formula is C13H29N3. The summed E-state index contributed by atoms with van der Waals surface area (Å²) in [5, 5.41) is 3.66. The lowest BCUT2D eigenvalue weighted by molar-refractivity contribution is 0.277. The fourth-order valence-electron chi connectivity index (χ4n) is 2.27. The van der Waals surface area contributed by atoms with Gasteiger partial charge in [-0.15, -0.1) is 0 Å². The maximum atomic E-state index is 3.66. The summed E-state index contributed by atoms with van der Waals surface area (Å²) < 4.78 is 0. The van der Waals surface area contributed by atoms with E-state index in [1.165, 1.54) is 51.7 Å². The molecule has 1 saturated carbocycles. The summed E-state index contributed by atoms with van der Waals surface area (Å²) in [5.74, 6) is 0. The molecule has 0 aromatic rings. The van der Waals surface area contributed by atoms with Crippen LogP contribution in [0.15, 0.2) is 0 Å². The second-order valence-electron chi connectivity index (χ2n) is 5.40. The third-order valence-corrected chi connectivity index (χ3v) is 3.43. The fourth-order valence-corrected chi connectivity index (χ4v) is 2.27. The maximum absolute atomic E-state index is 3.66. The Labute approximate surface area is 101 Å². The van der Waals surface area contributed by atoms with Gasteiger partial charge in [0.2, 0.25) is 0 Å². The van der Waals surface area contributed by atoms with Crippen molar-refractivity contribution in [1.82, 2.24) is 15.1 Å². The van der Waals surface area contributed by atoms with Crippen molar-refractivity contribution in [3.63, 3.8) is 0 Å². The molecule has 3 heteroatoms. The molecule has 0 bridgehead atoms. The van der Waals surface area contributed by atoms with Crippen molar-refractivity contribution in [2.24, 2.45) is 0 Å². The largest absolute Gasteiger partial charge is 0.314 e. The smallest absolute Gasteiger partial charge is 0.0106 e. The zero-order valence-corrected chi connectivity index (χ0v) is 11.3. The molecule has 0 radical (unpaired) electrons. The van der Waals surface area contributed by atoms with Gasteiger partial charge in [0, 0.05) is 19.1 Å². The molecule has 3 nitrogen and oxygen atoms in total. The lowest BCUT2D eigenvalue weighted by Gasteiger charge is -2.19. The van der Waals surface area contributed by atoms with Gasteiger partial charge in [-0.25, -0.2) is 0 Å². The van der Waals surface area contributed by atoms with Gasteiger partial charge in [0.1, 0.15) is 0 Å². The first-order chi connectivity index (χ1) is 7.68. The molecule has 0 unspecified atom stereocenters. The fraction of sp³-hybridized carbons (Fsp3) is 1.00. The Balaban J connectivity index is 1.89. The lowest BCUT2D eigenvalue weighted by Crippen LogP contribution is -2.32. The molecule has 0 atom stereocenters. The quantitative estimate of drug-likeness (QED) is 0.632. The van der Waals surface area contributed by atoms with Crippen molar-refractivity contribution < 1.29 is 0 Å². The van der Waals surface area contributed by atoms with Crippen LogP contribution in [0.25, 0.3) is 0 Å². The van der Waals surface area contributed by atoms with Gasteiger partial charge in [-0.3, -0.25) is 0 Å². The van der Waals surface area contributed by atoms with E-state index >= 15 is 0 Å². The molecule has 16 heavy (non-hydrogen) atoms. The molecule has 96 valence electrons. The number of nitrogens with zero attached hydrogens (tertiary/aromatic N) is 2. The van der Waals surface area contributed by atoms with E-state index in [1.807, 2.05) is 0 Å². The van der Waals surface area contributed by atoms with Gasteiger partial charge in [-0.05, 0) is 53.5 Å². The summed E-state index contributed by atoms with van der Waals surface area (Å²) in [6.45, 7) is 4.74. The van der Waals surface area contributed by atoms with Crippen LogP contribution in [0.3, 0.4) is 0 Å². The Bertz CT molecular complexity index is 165. The first kappa shape index (κ1) is 13.9. The van der Waals surface area contributed by atoms with E-state index in [-0.39, 0.29) is 0 Å². The summed E-state index contributed by atoms with van der Waals surface area (Å²) in [6, 6.07) is 0.826. The second-order valence-corrected chi connectivity index (χ2v) is 5.40. The highest BCUT2D eigenvalue weighted by molar-refractivity contribution is 4.73. The Morgan fingerprint density at radius 1 is 1.00 bits per heavy atom. The SMILES string of the molecule is CN(C)CCN(C)CCCNC1CCCC1. The van der Waals surface area contributed by atoms with Gasteiger partial charge in [-0.1, -0.05) is 12.8 Å². The van der Waals surface area contributed by atoms with Gasteiger partial charge in [-0.2, -0.15) is 0 Å². The molecule has 0 heterocycles. The molecule has 0 spiro atoms. The van der Waals surface area contributed by atoms with Crippen molar-refractivity contribution in [2.75, 3.05) is 47.3 Å². The van der Waals surface area contributed by atoms with Crippen LogP contribution in [0.4, 0.5) is 0 Å². The zero-order valence-electron chi connectivity index (χ0n) is 11.3. The third kappa shape index (κ3) is 6.46. The molecule has 0 saturated heterocycles. The first-order valence-corrected chi connectivity index (χ1v) is 6.75. The van der Waals surface area contributed by atoms with Crippen molar-refractivity contribution in [1.29, 1.82) is 0 Å². The van der Waals surface area contributed by atoms with Gasteiger partial charge in [0.25, 0.3) is 0 Å². The molecule has 0 aromatic heterocycles. The summed E-state index contributed by atoms with van der Waals surface area (Å²) in [7, 11) is 6.49. The van der Waals surface area contributed by atoms with Crippen LogP contribution in [-0.2, 0) is 0 Å². The van der Waals surface area contributed by atoms with Crippen molar-refractivity contribution >= 4 is 0 Å². The zero-order chi connectivity index (χ0) is 11.8. The molecule has 0 amide bonds. The molecule has 0 aromatic carbocycles. The van der Waals surface area contributed by atoms with E-state index in [0.29, 0.717) is 0 Å². The number of nitrogens with one attached hydrogen (secondary N) is 1. The molecule has 1 N–H and O–H groups in total. The summed E-state index contributed by atoms with van der Waals surface area (Å²) in [4.78, 5) is 4.67. The van der Waals surface area contributed by atoms with E-state index < -0.39 is 0 Å². The molecule has 1 aliphatic rings. The standard InChI is InChI=1S/C13H29N3/c1-15(2)11-12-16(3)10-6-9-14-13-7-4-5-8-13/h13-14H,4-12H2,1-3H3. The van der Waals surface area contributed by atoms with Crippen LogP contribution >= 0.6 is 0 Å². The highest BCUT2D eigenvalue weighted by atomic mass is 15.1. The topological polar surface area (TPSA) is 18.5 Å². The van der Waals surface area contributed by atoms with Crippen LogP contribution < -0.4 is 5.32 Å². The molecule has 1 aliphatic carbocycles. The van der Waals surface area contributed by atoms with E-state index in [0.717, 1.165) is 12.6 Å². The van der Waals surface area contributed by atoms with E-state index in [4.69, 9.17) is 0 Å². The summed E-state index contributed by atoms with van der Waals surface area (Å²) >= 11 is 0. The predicted molar refractivity (Wildman–Crippen MR) is 70.9 cm³/mol. The van der Waals surface area contributed by atoms with Gasteiger partial charge in [0.05, 0.1) is 0 Å². The van der Waals surface area contributed by atoms with Crippen LogP contribution in [0.5, 0.6) is 0 Å². The number of hydrogen-bond donors (Lipinski definition) is 1. The Morgan fingerprint density at radius 2 is 1.69 bits per heavy atom. The van der Waals surface area contributed by atoms with Gasteiger partial charge < -0.3 is 15.1 Å². The van der Waals surface area contributed by atoms with E-state index in [2.05, 4.69) is 36.3 Å². The van der Waals surface area contributed by atoms with Crippen LogP contribution in [-0.4, -0.2) is 63.2 Å². The Kier molecular flexibility index (Phi) is 7.01. The molecule has 1 fully saturated rings. The average molecular weight is 227 g/mol. The monoisotopic (exact) mass is 227 g/mol. The van der Waals surface area contributed by atoms with Crippen LogP contribution in [0.1, 0.15) is 32.1 Å².